The van der Waals surface area contributed by atoms with E-state index in [-0.39, 0.29) is 18.9 Å². The van der Waals surface area contributed by atoms with Crippen LogP contribution in [0, 0.1) is 0 Å². The molecule has 0 fully saturated rings. The van der Waals surface area contributed by atoms with Crippen LogP contribution in [0.4, 0.5) is 0 Å². The monoisotopic (exact) mass is 184 g/mol. The van der Waals surface area contributed by atoms with Gasteiger partial charge in [0, 0.05) is 0 Å². The predicted octanol–water partition coefficient (Wildman–Crippen LogP) is 0.606. The van der Waals surface area contributed by atoms with Crippen LogP contribution in [0.25, 0.3) is 0 Å². The Morgan fingerprint density at radius 2 is 0.900 bits per heavy atom. The molecule has 0 aliphatic heterocycles. The molecule has 0 bridgehead atoms. The first-order chi connectivity index (χ1) is 3.71. The summed E-state index contributed by atoms with van der Waals surface area (Å²) in [5.41, 5.74) is 0. The molecule has 0 saturated carbocycles. The van der Waals surface area contributed by atoms with E-state index in [9.17, 15) is 0 Å². The van der Waals surface area contributed by atoms with Crippen molar-refractivity contribution in [1.82, 2.24) is 0 Å². The second-order valence-electron chi connectivity index (χ2n) is 4.45. The van der Waals surface area contributed by atoms with Gasteiger partial charge in [0.1, 0.15) is 0 Å². The van der Waals surface area contributed by atoms with Crippen LogP contribution in [0.3, 0.4) is 0 Å². The van der Waals surface area contributed by atoms with Gasteiger partial charge >= 0.3 is 18.9 Å². The van der Waals surface area contributed by atoms with Crippen LogP contribution in [-0.2, 0) is 0 Å². The number of rotatable bonds is 2. The Morgan fingerprint density at radius 3 is 0.900 bits per heavy atom. The SMILES string of the molecule is C[Si](C)(C)[P-][Si](C)(C)C.[Li+]. The Balaban J connectivity index is 0. The van der Waals surface area contributed by atoms with E-state index >= 15 is 0 Å². The van der Waals surface area contributed by atoms with Crippen molar-refractivity contribution >= 4 is 23.2 Å². The van der Waals surface area contributed by atoms with Crippen LogP contribution < -0.4 is 18.9 Å². The van der Waals surface area contributed by atoms with Crippen LogP contribution in [0.1, 0.15) is 0 Å². The van der Waals surface area contributed by atoms with E-state index in [1.165, 1.54) is 0 Å². The van der Waals surface area contributed by atoms with Crippen molar-refractivity contribution in [3.05, 3.63) is 0 Å². The molecule has 0 unspecified atom stereocenters. The summed E-state index contributed by atoms with van der Waals surface area (Å²) in [6.07, 6.45) is 0. The quantitative estimate of drug-likeness (QED) is 0.436. The Bertz CT molecular complexity index is 80.9. The molecule has 0 N–H and O–H groups in total. The second-order valence-corrected chi connectivity index (χ2v) is 24.1. The third kappa shape index (κ3) is 12.2. The molecule has 0 aromatic carbocycles. The molecule has 0 spiro atoms. The zero-order valence-corrected chi connectivity index (χ0v) is 11.3. The molecule has 0 aromatic rings. The minimum Gasteiger partial charge on any atom is -0.542 e. The largest absolute Gasteiger partial charge is 1.00 e. The summed E-state index contributed by atoms with van der Waals surface area (Å²) in [7, 11) is 0.293. The van der Waals surface area contributed by atoms with Crippen molar-refractivity contribution in [2.24, 2.45) is 0 Å². The van der Waals surface area contributed by atoms with Gasteiger partial charge in [-0.2, -0.15) is 0 Å². The number of hydrogen-bond donors (Lipinski definition) is 0. The van der Waals surface area contributed by atoms with Crippen LogP contribution in [0.15, 0.2) is 0 Å². The average Bonchev–Trinajstić information content (AvgIpc) is 1.14. The summed E-state index contributed by atoms with van der Waals surface area (Å²) in [5, 5.41) is 0. The first kappa shape index (κ1) is 14.0. The summed E-state index contributed by atoms with van der Waals surface area (Å²) < 4.78 is 0. The average molecular weight is 184 g/mol. The van der Waals surface area contributed by atoms with Crippen molar-refractivity contribution in [1.29, 1.82) is 0 Å². The predicted molar refractivity (Wildman–Crippen MR) is 53.6 cm³/mol. The first-order valence-corrected chi connectivity index (χ1v) is 13.0. The maximum atomic E-state index is 2.45. The van der Waals surface area contributed by atoms with E-state index in [0.717, 1.165) is 0 Å². The summed E-state index contributed by atoms with van der Waals surface area (Å²) in [4.78, 5) is 0. The van der Waals surface area contributed by atoms with Crippen molar-refractivity contribution in [2.45, 2.75) is 39.3 Å². The van der Waals surface area contributed by atoms with E-state index in [2.05, 4.69) is 39.3 Å². The molecule has 0 aromatic heterocycles. The Kier molecular flexibility index (Phi) is 6.27. The van der Waals surface area contributed by atoms with Gasteiger partial charge in [0.25, 0.3) is 0 Å². The molecule has 56 valence electrons. The maximum absolute atomic E-state index is 2.45. The maximum Gasteiger partial charge on any atom is 1.00 e. The topological polar surface area (TPSA) is 0 Å². The Morgan fingerprint density at radius 1 is 0.700 bits per heavy atom. The van der Waals surface area contributed by atoms with Crippen molar-refractivity contribution in [3.63, 3.8) is 0 Å². The molecular weight excluding hydrogens is 166 g/mol. The van der Waals surface area contributed by atoms with Gasteiger partial charge in [-0.15, -0.1) is 15.5 Å². The van der Waals surface area contributed by atoms with Gasteiger partial charge in [-0.05, 0) is 0 Å². The van der Waals surface area contributed by atoms with Gasteiger partial charge < -0.3 is 7.68 Å². The number of hydrogen-bond acceptors (Lipinski definition) is 0. The molecule has 0 radical (unpaired) electrons. The van der Waals surface area contributed by atoms with E-state index in [0.29, 0.717) is 0 Å². The molecule has 0 rings (SSSR count). The summed E-state index contributed by atoms with van der Waals surface area (Å²) in [6, 6.07) is 0. The molecule has 0 saturated heterocycles. The zero-order valence-electron chi connectivity index (χ0n) is 8.45. The van der Waals surface area contributed by atoms with Crippen molar-refractivity contribution in [3.8, 4) is 0 Å². The zero-order chi connectivity index (χ0) is 7.71. The minimum absolute atomic E-state index is 0. The Labute approximate surface area is 81.2 Å². The summed E-state index contributed by atoms with van der Waals surface area (Å²) >= 11 is 0. The Hall–Kier alpha value is 1.46. The van der Waals surface area contributed by atoms with E-state index in [1.807, 2.05) is 7.68 Å². The van der Waals surface area contributed by atoms with Crippen LogP contribution in [0.5, 0.6) is 0 Å². The van der Waals surface area contributed by atoms with E-state index in [1.54, 1.807) is 0 Å². The molecule has 0 heterocycles. The third-order valence-corrected chi connectivity index (χ3v) is 18.1. The van der Waals surface area contributed by atoms with Gasteiger partial charge in [0.2, 0.25) is 0 Å². The molecule has 0 aliphatic carbocycles. The normalized spacial score (nSPS) is 12.6. The molecule has 0 aliphatic rings. The molecule has 0 atom stereocenters. The van der Waals surface area contributed by atoms with Crippen LogP contribution in [0.2, 0.25) is 39.3 Å². The standard InChI is InChI=1S/C6H18PSi2.Li/c1-8(2,3)7-9(4,5)6;/h1-6H3;/q-1;+1. The van der Waals surface area contributed by atoms with Gasteiger partial charge in [0.15, 0.2) is 0 Å². The molecule has 4 heteroatoms. The fourth-order valence-electron chi connectivity index (χ4n) is 1.01. The third-order valence-electron chi connectivity index (χ3n) is 0.671. The van der Waals surface area contributed by atoms with Crippen LogP contribution >= 0.6 is 7.68 Å². The van der Waals surface area contributed by atoms with Crippen molar-refractivity contribution in [2.75, 3.05) is 0 Å². The summed E-state index contributed by atoms with van der Waals surface area (Å²) in [6.45, 7) is 14.7. The van der Waals surface area contributed by atoms with Gasteiger partial charge in [-0.3, -0.25) is 0 Å². The molecule has 0 nitrogen and oxygen atoms in total. The molecule has 0 amide bonds. The fraction of sp³-hybridized carbons (Fsp3) is 1.00. The van der Waals surface area contributed by atoms with Gasteiger partial charge in [-0.25, -0.2) is 0 Å². The summed E-state index contributed by atoms with van der Waals surface area (Å²) in [5.74, 6) is 0. The minimum atomic E-state index is -0.759. The van der Waals surface area contributed by atoms with Crippen LogP contribution in [-0.4, -0.2) is 15.5 Å². The molecular formula is C6H18LiPSi2. The first-order valence-electron chi connectivity index (χ1n) is 3.45. The van der Waals surface area contributed by atoms with E-state index < -0.39 is 15.5 Å². The van der Waals surface area contributed by atoms with E-state index in [4.69, 9.17) is 0 Å². The smallest absolute Gasteiger partial charge is 0.542 e. The fourth-order valence-corrected chi connectivity index (χ4v) is 27.2. The van der Waals surface area contributed by atoms with Gasteiger partial charge in [-0.1, -0.05) is 39.3 Å². The van der Waals surface area contributed by atoms with Gasteiger partial charge in [0.05, 0.1) is 0 Å². The molecule has 10 heavy (non-hydrogen) atoms. The second kappa shape index (κ2) is 4.48. The van der Waals surface area contributed by atoms with Crippen molar-refractivity contribution < 1.29 is 18.9 Å².